The largest absolute Gasteiger partial charge is 0.281 e. The maximum Gasteiger partial charge on any atom is 0.0733 e. The highest BCUT2D eigenvalue weighted by Gasteiger charge is 2.31. The van der Waals surface area contributed by atoms with Crippen LogP contribution in [-0.4, -0.2) is 32.9 Å². The van der Waals surface area contributed by atoms with Crippen LogP contribution in [0, 0.1) is 27.7 Å². The van der Waals surface area contributed by atoms with E-state index in [2.05, 4.69) is 60.6 Å². The van der Waals surface area contributed by atoms with Crippen molar-refractivity contribution in [3.63, 3.8) is 0 Å². The molecule has 0 aliphatic carbocycles. The van der Waals surface area contributed by atoms with Gasteiger partial charge in [0.15, 0.2) is 0 Å². The summed E-state index contributed by atoms with van der Waals surface area (Å²) in [4.78, 5) is 2.49. The molecule has 0 amide bonds. The van der Waals surface area contributed by atoms with Gasteiger partial charge in [-0.05, 0) is 40.2 Å². The number of nitrogens with one attached hydrogen (secondary N) is 2. The molecule has 0 radical (unpaired) electrons. The van der Waals surface area contributed by atoms with Crippen molar-refractivity contribution in [1.29, 1.82) is 0 Å². The van der Waals surface area contributed by atoms with Gasteiger partial charge in [-0.2, -0.15) is 10.2 Å². The van der Waals surface area contributed by atoms with E-state index in [1.807, 2.05) is 94.1 Å². The number of aromatic amines is 2. The summed E-state index contributed by atoms with van der Waals surface area (Å²) in [5.41, 5.74) is 4.41. The fourth-order valence-electron chi connectivity index (χ4n) is 2.65. The predicted octanol–water partition coefficient (Wildman–Crippen LogP) is 8.32. The Hall–Kier alpha value is 0.440. The molecule has 30 heavy (non-hydrogen) atoms. The van der Waals surface area contributed by atoms with Crippen molar-refractivity contribution < 1.29 is 0 Å². The van der Waals surface area contributed by atoms with Gasteiger partial charge in [0.1, 0.15) is 0 Å². The van der Waals surface area contributed by atoms with E-state index in [9.17, 15) is 0 Å². The highest BCUT2D eigenvalue weighted by Crippen LogP contribution is 2.66. The minimum atomic E-state index is 1.07. The van der Waals surface area contributed by atoms with Gasteiger partial charge in [0.2, 0.25) is 0 Å². The van der Waals surface area contributed by atoms with Crippen LogP contribution in [0.25, 0.3) is 0 Å². The molecule has 0 unspecified atom stereocenters. The van der Waals surface area contributed by atoms with Crippen LogP contribution in [-0.2, 0) is 0 Å². The standard InChI is InChI=1S/C18H20N4S8/c1-7-11(8(2)20-19-7)25-15-13(23-5)27-17(29-15)18-28-14(24-6)16(30-18)26-12-9(3)21-22-10(12)4/h1-6H3,(H,19,20)(H,21,22)/b18-17+. The summed E-state index contributed by atoms with van der Waals surface area (Å²) in [6.45, 7) is 8.32. The highest BCUT2D eigenvalue weighted by molar-refractivity contribution is 8.45. The second kappa shape index (κ2) is 10.1. The van der Waals surface area contributed by atoms with Gasteiger partial charge >= 0.3 is 0 Å². The zero-order valence-electron chi connectivity index (χ0n) is 17.2. The molecule has 2 aromatic heterocycles. The highest BCUT2D eigenvalue weighted by atomic mass is 32.3. The average molecular weight is 549 g/mol. The SMILES string of the molecule is CSC1=C(Sc2c(C)n[nH]c2C)S/C(=C2\SC(SC)=C(Sc3c(C)n[nH]c3C)S2)S1. The molecule has 2 aliphatic heterocycles. The summed E-state index contributed by atoms with van der Waals surface area (Å²) >= 11 is 15.0. The Morgan fingerprint density at radius 3 is 1.27 bits per heavy atom. The minimum Gasteiger partial charge on any atom is -0.281 e. The van der Waals surface area contributed by atoms with E-state index in [1.54, 1.807) is 0 Å². The number of thioether (sulfide) groups is 8. The third-order valence-corrected chi connectivity index (χ3v) is 15.8. The van der Waals surface area contributed by atoms with Gasteiger partial charge in [-0.25, -0.2) is 0 Å². The molecule has 2 N–H and O–H groups in total. The Kier molecular flexibility index (Phi) is 7.98. The Bertz CT molecular complexity index is 955. The van der Waals surface area contributed by atoms with Crippen molar-refractivity contribution in [2.75, 3.05) is 12.5 Å². The molecule has 4 rings (SSSR count). The lowest BCUT2D eigenvalue weighted by molar-refractivity contribution is 1.02. The van der Waals surface area contributed by atoms with Crippen LogP contribution in [0.4, 0.5) is 0 Å². The van der Waals surface area contributed by atoms with Crippen LogP contribution in [0.1, 0.15) is 22.8 Å². The molecule has 0 atom stereocenters. The van der Waals surface area contributed by atoms with E-state index in [0.29, 0.717) is 0 Å². The molecule has 2 aliphatic rings. The monoisotopic (exact) mass is 548 g/mol. The van der Waals surface area contributed by atoms with Gasteiger partial charge in [-0.15, -0.1) is 23.5 Å². The second-order valence-corrected chi connectivity index (χ2v) is 15.6. The van der Waals surface area contributed by atoms with Gasteiger partial charge in [-0.1, -0.05) is 70.6 Å². The zero-order chi connectivity index (χ0) is 21.4. The van der Waals surface area contributed by atoms with Gasteiger partial charge < -0.3 is 0 Å². The lowest BCUT2D eigenvalue weighted by Crippen LogP contribution is -1.78. The quantitative estimate of drug-likeness (QED) is 0.368. The van der Waals surface area contributed by atoms with Crippen molar-refractivity contribution in [2.24, 2.45) is 0 Å². The summed E-state index contributed by atoms with van der Waals surface area (Å²) in [5.74, 6) is 0. The third kappa shape index (κ3) is 4.85. The molecule has 12 heteroatoms. The number of rotatable bonds is 6. The first-order valence-electron chi connectivity index (χ1n) is 8.82. The molecule has 160 valence electrons. The lowest BCUT2D eigenvalue weighted by atomic mass is 10.4. The van der Waals surface area contributed by atoms with E-state index in [0.717, 1.165) is 22.8 Å². The van der Waals surface area contributed by atoms with Crippen LogP contribution < -0.4 is 0 Å². The van der Waals surface area contributed by atoms with Crippen LogP contribution in [0.5, 0.6) is 0 Å². The predicted molar refractivity (Wildman–Crippen MR) is 146 cm³/mol. The van der Waals surface area contributed by atoms with Crippen LogP contribution in [0.3, 0.4) is 0 Å². The maximum atomic E-state index is 4.35. The minimum absolute atomic E-state index is 1.07. The normalized spacial score (nSPS) is 19.7. The van der Waals surface area contributed by atoms with Crippen LogP contribution in [0.2, 0.25) is 0 Å². The van der Waals surface area contributed by atoms with Gasteiger partial charge in [0.05, 0.1) is 46.6 Å². The first-order valence-corrected chi connectivity index (χ1v) is 16.2. The molecule has 0 bridgehead atoms. The molecule has 0 saturated carbocycles. The molecule has 0 spiro atoms. The summed E-state index contributed by atoms with van der Waals surface area (Å²) < 4.78 is 8.25. The molecule has 4 nitrogen and oxygen atoms in total. The summed E-state index contributed by atoms with van der Waals surface area (Å²) in [5, 5.41) is 14.9. The fraction of sp³-hybridized carbons (Fsp3) is 0.333. The average Bonchev–Trinajstić information content (AvgIpc) is 3.48. The van der Waals surface area contributed by atoms with Crippen molar-refractivity contribution in [3.8, 4) is 0 Å². The van der Waals surface area contributed by atoms with Gasteiger partial charge in [0, 0.05) is 11.4 Å². The number of hydrogen-bond acceptors (Lipinski definition) is 10. The number of aryl methyl sites for hydroxylation is 4. The van der Waals surface area contributed by atoms with E-state index >= 15 is 0 Å². The van der Waals surface area contributed by atoms with Crippen molar-refractivity contribution >= 4 is 94.1 Å². The number of aromatic nitrogens is 4. The van der Waals surface area contributed by atoms with Crippen LogP contribution >= 0.6 is 94.1 Å². The van der Waals surface area contributed by atoms with Gasteiger partial charge in [-0.3, -0.25) is 10.2 Å². The molecule has 4 heterocycles. The molecular formula is C18H20N4S8. The molecule has 0 fully saturated rings. The van der Waals surface area contributed by atoms with Gasteiger partial charge in [0.25, 0.3) is 0 Å². The molecular weight excluding hydrogens is 529 g/mol. The van der Waals surface area contributed by atoms with Crippen molar-refractivity contribution in [2.45, 2.75) is 37.5 Å². The van der Waals surface area contributed by atoms with E-state index in [1.165, 1.54) is 35.2 Å². The van der Waals surface area contributed by atoms with E-state index in [4.69, 9.17) is 0 Å². The second-order valence-electron chi connectivity index (χ2n) is 6.27. The number of hydrogen-bond donors (Lipinski definition) is 2. The maximum absolute atomic E-state index is 4.35. The zero-order valence-corrected chi connectivity index (χ0v) is 23.7. The number of nitrogens with zero attached hydrogens (tertiary/aromatic N) is 2. The first kappa shape index (κ1) is 23.6. The van der Waals surface area contributed by atoms with Crippen molar-refractivity contribution in [1.82, 2.24) is 20.4 Å². The lowest BCUT2D eigenvalue weighted by Gasteiger charge is -2.04. The van der Waals surface area contributed by atoms with Crippen LogP contribution in [0.15, 0.2) is 35.2 Å². The summed E-state index contributed by atoms with van der Waals surface area (Å²) in [7, 11) is 0. The molecule has 0 saturated heterocycles. The fourth-order valence-corrected chi connectivity index (χ4v) is 13.6. The first-order chi connectivity index (χ1) is 14.4. The summed E-state index contributed by atoms with van der Waals surface area (Å²) in [6.07, 6.45) is 4.33. The molecule has 0 aromatic carbocycles. The Balaban J connectivity index is 1.54. The third-order valence-electron chi connectivity index (χ3n) is 4.12. The van der Waals surface area contributed by atoms with E-state index in [-0.39, 0.29) is 0 Å². The van der Waals surface area contributed by atoms with Crippen molar-refractivity contribution in [3.05, 3.63) is 48.2 Å². The number of H-pyrrole nitrogens is 2. The summed E-state index contributed by atoms with van der Waals surface area (Å²) in [6, 6.07) is 0. The van der Waals surface area contributed by atoms with E-state index < -0.39 is 0 Å². The Morgan fingerprint density at radius 1 is 0.600 bits per heavy atom. The molecule has 2 aromatic rings. The Labute approximate surface area is 211 Å². The Morgan fingerprint density at radius 2 is 0.967 bits per heavy atom. The smallest absolute Gasteiger partial charge is 0.0733 e. The topological polar surface area (TPSA) is 57.4 Å².